The molecule has 0 saturated carbocycles. The summed E-state index contributed by atoms with van der Waals surface area (Å²) in [6.07, 6.45) is 4.26. The van der Waals surface area contributed by atoms with Gasteiger partial charge in [0.25, 0.3) is 0 Å². The molecule has 9 heteroatoms. The monoisotopic (exact) mass is 492 g/mol. The van der Waals surface area contributed by atoms with E-state index in [-0.39, 0.29) is 24.5 Å². The Kier molecular flexibility index (Phi) is 7.91. The van der Waals surface area contributed by atoms with Crippen molar-refractivity contribution in [3.63, 3.8) is 0 Å². The Balaban J connectivity index is 0.00000289. The van der Waals surface area contributed by atoms with Crippen LogP contribution in [0.15, 0.2) is 61.1 Å². The lowest BCUT2D eigenvalue weighted by Gasteiger charge is -2.37. The molecule has 0 aliphatic carbocycles. The highest BCUT2D eigenvalue weighted by atomic mass is 35.5. The molecule has 1 saturated heterocycles. The number of benzene rings is 2. The normalized spacial score (nSPS) is 17.7. The number of aromatic amines is 1. The summed E-state index contributed by atoms with van der Waals surface area (Å²) in [7, 11) is 0. The van der Waals surface area contributed by atoms with Crippen molar-refractivity contribution in [3.8, 4) is 6.07 Å². The molecule has 182 valence electrons. The van der Waals surface area contributed by atoms with E-state index in [0.717, 1.165) is 23.4 Å². The van der Waals surface area contributed by atoms with Crippen LogP contribution in [0.25, 0.3) is 0 Å². The molecular weight excluding hydrogens is 464 g/mol. The number of rotatable bonds is 4. The maximum Gasteiger partial charge on any atom is 0.320 e. The van der Waals surface area contributed by atoms with Crippen LogP contribution in [-0.4, -0.2) is 64.7 Å². The first kappa shape index (κ1) is 24.6. The summed E-state index contributed by atoms with van der Waals surface area (Å²) in [5, 5.41) is 9.53. The van der Waals surface area contributed by atoms with E-state index in [1.165, 1.54) is 5.56 Å². The number of aromatic nitrogens is 2. The third-order valence-corrected chi connectivity index (χ3v) is 6.52. The number of hydrogen-bond acceptors (Lipinski definition) is 5. The first-order valence-corrected chi connectivity index (χ1v) is 11.6. The summed E-state index contributed by atoms with van der Waals surface area (Å²) in [4.78, 5) is 27.3. The molecule has 0 unspecified atom stereocenters. The van der Waals surface area contributed by atoms with E-state index in [1.807, 2.05) is 52.4 Å². The Bertz CT molecular complexity index is 1160. The summed E-state index contributed by atoms with van der Waals surface area (Å²) >= 11 is 0. The van der Waals surface area contributed by atoms with Gasteiger partial charge in [-0.05, 0) is 35.7 Å². The summed E-state index contributed by atoms with van der Waals surface area (Å²) in [6.45, 7) is 4.07. The molecule has 0 bridgehead atoms. The minimum Gasteiger partial charge on any atom is -0.378 e. The van der Waals surface area contributed by atoms with Crippen molar-refractivity contribution >= 4 is 24.1 Å². The van der Waals surface area contributed by atoms with Crippen LogP contribution in [-0.2, 0) is 24.2 Å². The zero-order valence-electron chi connectivity index (χ0n) is 19.5. The molecule has 0 radical (unpaired) electrons. The van der Waals surface area contributed by atoms with Crippen molar-refractivity contribution in [2.75, 3.05) is 37.7 Å². The fraction of sp³-hybridized carbons (Fsp3) is 0.346. The fourth-order valence-electron chi connectivity index (χ4n) is 4.80. The number of fused-ring (bicyclic) bond motifs is 1. The predicted molar refractivity (Wildman–Crippen MR) is 135 cm³/mol. The summed E-state index contributed by atoms with van der Waals surface area (Å²) < 4.78 is 5.48. The number of carbonyl (C=O) groups excluding carboxylic acids is 1. The SMILES string of the molecule is Cl.N#Cc1ccc2c(c1)CN(C(=O)N1CCOCC1)[C@H](Cc1ccccc1)CN2Cc1cnc[nH]1. The lowest BCUT2D eigenvalue weighted by atomic mass is 10.0. The van der Waals surface area contributed by atoms with Crippen molar-refractivity contribution in [1.29, 1.82) is 5.26 Å². The highest BCUT2D eigenvalue weighted by Crippen LogP contribution is 2.31. The maximum atomic E-state index is 13.8. The van der Waals surface area contributed by atoms with Gasteiger partial charge in [0.2, 0.25) is 0 Å². The average Bonchev–Trinajstić information content (AvgIpc) is 3.35. The first-order valence-electron chi connectivity index (χ1n) is 11.6. The van der Waals surface area contributed by atoms with Crippen LogP contribution in [0.2, 0.25) is 0 Å². The molecule has 1 N–H and O–H groups in total. The number of nitriles is 1. The Labute approximate surface area is 211 Å². The number of nitrogens with one attached hydrogen (secondary N) is 1. The molecule has 35 heavy (non-hydrogen) atoms. The van der Waals surface area contributed by atoms with Crippen molar-refractivity contribution in [2.24, 2.45) is 0 Å². The second kappa shape index (κ2) is 11.3. The van der Waals surface area contributed by atoms with Gasteiger partial charge in [-0.2, -0.15) is 5.26 Å². The van der Waals surface area contributed by atoms with Crippen LogP contribution in [0, 0.1) is 11.3 Å². The Hall–Kier alpha value is -3.54. The number of anilines is 1. The second-order valence-corrected chi connectivity index (χ2v) is 8.77. The number of urea groups is 1. The third kappa shape index (κ3) is 5.59. The molecule has 2 amide bonds. The van der Waals surface area contributed by atoms with E-state index < -0.39 is 0 Å². The molecule has 2 aromatic carbocycles. The van der Waals surface area contributed by atoms with Crippen LogP contribution in [0.1, 0.15) is 22.4 Å². The molecule has 3 aromatic rings. The van der Waals surface area contributed by atoms with Gasteiger partial charge in [-0.15, -0.1) is 12.4 Å². The molecule has 2 aliphatic heterocycles. The third-order valence-electron chi connectivity index (χ3n) is 6.52. The molecule has 8 nitrogen and oxygen atoms in total. The van der Waals surface area contributed by atoms with E-state index in [4.69, 9.17) is 4.74 Å². The maximum absolute atomic E-state index is 13.8. The number of morpholine rings is 1. The smallest absolute Gasteiger partial charge is 0.320 e. The number of ether oxygens (including phenoxy) is 1. The van der Waals surface area contributed by atoms with E-state index in [0.29, 0.717) is 51.5 Å². The van der Waals surface area contributed by atoms with E-state index >= 15 is 0 Å². The largest absolute Gasteiger partial charge is 0.378 e. The Morgan fingerprint density at radius 2 is 1.97 bits per heavy atom. The standard InChI is InChI=1S/C26H28N6O2.ClH/c27-14-21-6-7-25-22(12-21)16-32(26(33)30-8-10-34-11-9-30)24(13-20-4-2-1-3-5-20)18-31(25)17-23-15-28-19-29-23;/h1-7,12,15,19,24H,8-11,13,16-18H2,(H,28,29);1H/t24-;/m1./s1. The number of nitrogens with zero attached hydrogens (tertiary/aromatic N) is 5. The van der Waals surface area contributed by atoms with Crippen molar-refractivity contribution in [1.82, 2.24) is 19.8 Å². The predicted octanol–water partition coefficient (Wildman–Crippen LogP) is 3.59. The molecule has 5 rings (SSSR count). The van der Waals surface area contributed by atoms with Gasteiger partial charge in [0.1, 0.15) is 0 Å². The van der Waals surface area contributed by atoms with Gasteiger partial charge in [0, 0.05) is 38.1 Å². The van der Waals surface area contributed by atoms with Gasteiger partial charge in [0.05, 0.1) is 49.5 Å². The van der Waals surface area contributed by atoms with Crippen LogP contribution in [0.3, 0.4) is 0 Å². The average molecular weight is 493 g/mol. The zero-order valence-corrected chi connectivity index (χ0v) is 20.3. The Morgan fingerprint density at radius 1 is 1.17 bits per heavy atom. The Morgan fingerprint density at radius 3 is 2.69 bits per heavy atom. The number of halogens is 1. The highest BCUT2D eigenvalue weighted by Gasteiger charge is 2.34. The summed E-state index contributed by atoms with van der Waals surface area (Å²) in [6, 6.07) is 18.3. The minimum absolute atomic E-state index is 0. The quantitative estimate of drug-likeness (QED) is 0.601. The topological polar surface area (TPSA) is 88.5 Å². The van der Waals surface area contributed by atoms with Crippen molar-refractivity contribution in [2.45, 2.75) is 25.6 Å². The highest BCUT2D eigenvalue weighted by molar-refractivity contribution is 5.85. The molecule has 1 aromatic heterocycles. The lowest BCUT2D eigenvalue weighted by Crippen LogP contribution is -2.53. The number of hydrogen-bond donors (Lipinski definition) is 1. The molecule has 0 spiro atoms. The van der Waals surface area contributed by atoms with Crippen molar-refractivity contribution < 1.29 is 9.53 Å². The van der Waals surface area contributed by atoms with Crippen LogP contribution >= 0.6 is 12.4 Å². The molecule has 1 atom stereocenters. The van der Waals surface area contributed by atoms with Gasteiger partial charge in [-0.3, -0.25) is 0 Å². The second-order valence-electron chi connectivity index (χ2n) is 8.77. The number of carbonyl (C=O) groups is 1. The number of H-pyrrole nitrogens is 1. The van der Waals surface area contributed by atoms with Crippen LogP contribution in [0.4, 0.5) is 10.5 Å². The van der Waals surface area contributed by atoms with Gasteiger partial charge in [0.15, 0.2) is 0 Å². The van der Waals surface area contributed by atoms with Gasteiger partial charge >= 0.3 is 6.03 Å². The summed E-state index contributed by atoms with van der Waals surface area (Å²) in [5.41, 5.74) is 4.82. The molecule has 2 aliphatic rings. The van der Waals surface area contributed by atoms with Crippen molar-refractivity contribution in [3.05, 3.63) is 83.4 Å². The lowest BCUT2D eigenvalue weighted by molar-refractivity contribution is 0.0386. The number of imidazole rings is 1. The van der Waals surface area contributed by atoms with E-state index in [9.17, 15) is 10.1 Å². The minimum atomic E-state index is -0.0430. The van der Waals surface area contributed by atoms with Gasteiger partial charge in [-0.25, -0.2) is 9.78 Å². The summed E-state index contributed by atoms with van der Waals surface area (Å²) in [5.74, 6) is 0. The first-order chi connectivity index (χ1) is 16.7. The number of amides is 2. The van der Waals surface area contributed by atoms with Gasteiger partial charge in [-0.1, -0.05) is 30.3 Å². The van der Waals surface area contributed by atoms with Gasteiger partial charge < -0.3 is 24.4 Å². The zero-order chi connectivity index (χ0) is 23.3. The molecular formula is C26H29ClN6O2. The van der Waals surface area contributed by atoms with Crippen LogP contribution < -0.4 is 4.90 Å². The van der Waals surface area contributed by atoms with E-state index in [2.05, 4.69) is 33.1 Å². The van der Waals surface area contributed by atoms with Crippen LogP contribution in [0.5, 0.6) is 0 Å². The molecule has 3 heterocycles. The molecule has 1 fully saturated rings. The fourth-order valence-corrected chi connectivity index (χ4v) is 4.80. The van der Waals surface area contributed by atoms with E-state index in [1.54, 1.807) is 6.33 Å².